The summed E-state index contributed by atoms with van der Waals surface area (Å²) >= 11 is 8.16. The van der Waals surface area contributed by atoms with E-state index in [9.17, 15) is 19.8 Å². The lowest BCUT2D eigenvalue weighted by molar-refractivity contribution is -0.139. The summed E-state index contributed by atoms with van der Waals surface area (Å²) in [6.07, 6.45) is 0.472. The van der Waals surface area contributed by atoms with Gasteiger partial charge in [0.25, 0.3) is 0 Å². The van der Waals surface area contributed by atoms with Crippen LogP contribution in [-0.4, -0.2) is 34.2 Å². The van der Waals surface area contributed by atoms with Crippen LogP contribution in [0.5, 0.6) is 0 Å². The molecule has 0 aromatic carbocycles. The molecule has 5 aromatic heterocycles. The van der Waals surface area contributed by atoms with Crippen molar-refractivity contribution in [1.82, 2.24) is 0 Å². The first-order valence-corrected chi connectivity index (χ1v) is 15.4. The average molecular weight is 587 g/mol. The summed E-state index contributed by atoms with van der Waals surface area (Å²) < 4.78 is 0. The van der Waals surface area contributed by atoms with E-state index in [1.807, 2.05) is 47.2 Å². The normalized spacial score (nSPS) is 13.0. The number of thiophene rings is 5. The van der Waals surface area contributed by atoms with Crippen molar-refractivity contribution in [2.45, 2.75) is 24.9 Å². The van der Waals surface area contributed by atoms with Gasteiger partial charge < -0.3 is 21.7 Å². The van der Waals surface area contributed by atoms with E-state index >= 15 is 0 Å². The van der Waals surface area contributed by atoms with Crippen molar-refractivity contribution in [2.24, 2.45) is 11.5 Å². The monoisotopic (exact) mass is 586 g/mol. The summed E-state index contributed by atoms with van der Waals surface area (Å²) in [6, 6.07) is 14.3. The zero-order chi connectivity index (χ0) is 26.1. The van der Waals surface area contributed by atoms with Gasteiger partial charge in [-0.05, 0) is 71.1 Å². The number of aliphatic carboxylic acids is 2. The Morgan fingerprint density at radius 3 is 1.43 bits per heavy atom. The lowest BCUT2D eigenvalue weighted by Crippen LogP contribution is -2.32. The van der Waals surface area contributed by atoms with Gasteiger partial charge in [-0.2, -0.15) is 0 Å². The number of carbonyl (C=O) groups is 2. The first-order chi connectivity index (χ1) is 17.8. The number of carboxylic acids is 2. The fourth-order valence-corrected chi connectivity index (χ4v) is 9.22. The molecule has 0 aliphatic rings. The highest BCUT2D eigenvalue weighted by Gasteiger charge is 2.23. The summed E-state index contributed by atoms with van der Waals surface area (Å²) in [5, 5.41) is 22.8. The van der Waals surface area contributed by atoms with E-state index in [4.69, 9.17) is 11.5 Å². The van der Waals surface area contributed by atoms with Gasteiger partial charge in [-0.3, -0.25) is 9.59 Å². The van der Waals surface area contributed by atoms with Crippen LogP contribution in [0.25, 0.3) is 39.0 Å². The topological polar surface area (TPSA) is 127 Å². The van der Waals surface area contributed by atoms with Crippen molar-refractivity contribution in [1.29, 1.82) is 0 Å². The molecule has 6 nitrogen and oxygen atoms in total. The van der Waals surface area contributed by atoms with Crippen LogP contribution in [-0.2, 0) is 22.4 Å². The van der Waals surface area contributed by atoms with Gasteiger partial charge in [0.15, 0.2) is 0 Å². The Morgan fingerprint density at radius 1 is 0.649 bits per heavy atom. The van der Waals surface area contributed by atoms with Gasteiger partial charge in [0.2, 0.25) is 0 Å². The lowest BCUT2D eigenvalue weighted by atomic mass is 10.1. The second kappa shape index (κ2) is 11.0. The molecule has 0 amide bonds. The van der Waals surface area contributed by atoms with E-state index in [-0.39, 0.29) is 12.8 Å². The molecular formula is C26H22N2O4S5. The molecule has 37 heavy (non-hydrogen) atoms. The van der Waals surface area contributed by atoms with Crippen LogP contribution in [0.1, 0.15) is 11.1 Å². The number of hydrogen-bond donors (Lipinski definition) is 4. The van der Waals surface area contributed by atoms with Crippen LogP contribution in [0.15, 0.2) is 59.3 Å². The maximum absolute atomic E-state index is 11.5. The van der Waals surface area contributed by atoms with Crippen molar-refractivity contribution in [3.63, 3.8) is 0 Å². The number of nitrogens with two attached hydrogens (primary N) is 2. The molecule has 0 radical (unpaired) electrons. The molecule has 0 bridgehead atoms. The Labute approximate surface area is 233 Å². The zero-order valence-electron chi connectivity index (χ0n) is 19.2. The molecule has 0 saturated heterocycles. The molecule has 0 spiro atoms. The summed E-state index contributed by atoms with van der Waals surface area (Å²) in [5.74, 6) is -2.05. The minimum absolute atomic E-state index is 0.236. The highest BCUT2D eigenvalue weighted by molar-refractivity contribution is 7.29. The molecule has 6 N–H and O–H groups in total. The molecule has 5 aromatic rings. The van der Waals surface area contributed by atoms with Crippen molar-refractivity contribution in [3.05, 3.63) is 70.4 Å². The van der Waals surface area contributed by atoms with Crippen LogP contribution in [0.3, 0.4) is 0 Å². The van der Waals surface area contributed by atoms with E-state index in [1.165, 1.54) is 0 Å². The standard InChI is InChI=1S/C26H22N2O4S5/c27-15(25(29)30)9-13-11-21(17-3-1-7-33-17)36-23(13)19-5-6-20(35-19)24-14(10-16(28)26(31)32)12-22(37-24)18-4-2-8-34-18/h1-8,11-12,15-16H,9-10,27-28H2,(H,29,30)(H,31,32)/t15-,16+. The summed E-state index contributed by atoms with van der Waals surface area (Å²) in [5.41, 5.74) is 13.7. The Kier molecular flexibility index (Phi) is 7.72. The highest BCUT2D eigenvalue weighted by Crippen LogP contribution is 2.47. The summed E-state index contributed by atoms with van der Waals surface area (Å²) in [4.78, 5) is 31.4. The first-order valence-electron chi connectivity index (χ1n) is 11.2. The van der Waals surface area contributed by atoms with Crippen LogP contribution in [0.4, 0.5) is 0 Å². The average Bonchev–Trinajstić information content (AvgIpc) is 3.68. The van der Waals surface area contributed by atoms with E-state index in [2.05, 4.69) is 12.1 Å². The van der Waals surface area contributed by atoms with Crippen LogP contribution in [0.2, 0.25) is 0 Å². The molecule has 0 unspecified atom stereocenters. The molecule has 0 saturated carbocycles. The Hall–Kier alpha value is -2.64. The van der Waals surface area contributed by atoms with Crippen molar-refractivity contribution >= 4 is 68.6 Å². The maximum Gasteiger partial charge on any atom is 0.320 e. The third-order valence-corrected chi connectivity index (χ3v) is 11.6. The van der Waals surface area contributed by atoms with Gasteiger partial charge in [0, 0.05) is 39.0 Å². The van der Waals surface area contributed by atoms with Gasteiger partial charge in [0.05, 0.1) is 0 Å². The first kappa shape index (κ1) is 26.0. The molecule has 11 heteroatoms. The van der Waals surface area contributed by atoms with Crippen LogP contribution >= 0.6 is 56.7 Å². The Morgan fingerprint density at radius 2 is 1.08 bits per heavy atom. The zero-order valence-corrected chi connectivity index (χ0v) is 23.3. The number of hydrogen-bond acceptors (Lipinski definition) is 9. The Bertz CT molecular complexity index is 1420. The summed E-state index contributed by atoms with van der Waals surface area (Å²) in [7, 11) is 0. The smallest absolute Gasteiger partial charge is 0.320 e. The van der Waals surface area contributed by atoms with E-state index in [1.54, 1.807) is 56.7 Å². The van der Waals surface area contributed by atoms with E-state index in [0.717, 1.165) is 50.1 Å². The molecule has 190 valence electrons. The van der Waals surface area contributed by atoms with Gasteiger partial charge >= 0.3 is 11.9 Å². The second-order valence-electron chi connectivity index (χ2n) is 8.35. The molecule has 0 aliphatic carbocycles. The van der Waals surface area contributed by atoms with Gasteiger partial charge in [-0.15, -0.1) is 56.7 Å². The van der Waals surface area contributed by atoms with Crippen LogP contribution < -0.4 is 11.5 Å². The lowest BCUT2D eigenvalue weighted by Gasteiger charge is -2.07. The van der Waals surface area contributed by atoms with Gasteiger partial charge in [-0.25, -0.2) is 0 Å². The fourth-order valence-electron chi connectivity index (χ4n) is 3.89. The summed E-state index contributed by atoms with van der Waals surface area (Å²) in [6.45, 7) is 0. The van der Waals surface area contributed by atoms with Crippen LogP contribution in [0, 0.1) is 0 Å². The fraction of sp³-hybridized carbons (Fsp3) is 0.154. The third-order valence-electron chi connectivity index (χ3n) is 5.71. The predicted octanol–water partition coefficient (Wildman–Crippen LogP) is 6.57. The molecular weight excluding hydrogens is 565 g/mol. The van der Waals surface area contributed by atoms with Gasteiger partial charge in [-0.1, -0.05) is 12.1 Å². The molecule has 2 atom stereocenters. The number of carboxylic acid groups (broad SMARTS) is 2. The largest absolute Gasteiger partial charge is 0.480 e. The van der Waals surface area contributed by atoms with Crippen molar-refractivity contribution in [2.75, 3.05) is 0 Å². The minimum atomic E-state index is -1.03. The van der Waals surface area contributed by atoms with E-state index in [0.29, 0.717) is 0 Å². The molecule has 5 heterocycles. The molecule has 0 aliphatic heterocycles. The highest BCUT2D eigenvalue weighted by atomic mass is 32.1. The minimum Gasteiger partial charge on any atom is -0.480 e. The quantitative estimate of drug-likeness (QED) is 0.147. The SMILES string of the molecule is N[C@H](Cc1cc(-c2cccs2)sc1-c1ccc(-c2sc(-c3cccs3)cc2C[C@H](N)C(=O)O)s1)C(=O)O. The molecule has 5 rings (SSSR count). The second-order valence-corrected chi connectivity index (χ2v) is 13.4. The van der Waals surface area contributed by atoms with Crippen molar-refractivity contribution in [3.8, 4) is 39.0 Å². The van der Waals surface area contributed by atoms with E-state index < -0.39 is 24.0 Å². The predicted molar refractivity (Wildman–Crippen MR) is 156 cm³/mol. The maximum atomic E-state index is 11.5. The Balaban J connectivity index is 1.55. The van der Waals surface area contributed by atoms with Crippen molar-refractivity contribution < 1.29 is 19.8 Å². The molecule has 0 fully saturated rings. The van der Waals surface area contributed by atoms with Gasteiger partial charge in [0.1, 0.15) is 12.1 Å². The third kappa shape index (κ3) is 5.63. The number of rotatable bonds is 10.